The quantitative estimate of drug-likeness (QED) is 0.429. The van der Waals surface area contributed by atoms with Crippen LogP contribution in [0.1, 0.15) is 47.2 Å². The van der Waals surface area contributed by atoms with Gasteiger partial charge in [0, 0.05) is 12.0 Å². The molecule has 1 aromatic carbocycles. The predicted octanol–water partition coefficient (Wildman–Crippen LogP) is -0.254. The van der Waals surface area contributed by atoms with Crippen LogP contribution in [0, 0.1) is 0 Å². The van der Waals surface area contributed by atoms with Crippen LogP contribution in [0.2, 0.25) is 0 Å². The largest absolute Gasteiger partial charge is 0.380 e. The lowest BCUT2D eigenvalue weighted by molar-refractivity contribution is -0.134. The van der Waals surface area contributed by atoms with Crippen molar-refractivity contribution in [3.8, 4) is 0 Å². The van der Waals surface area contributed by atoms with Crippen molar-refractivity contribution in [1.82, 2.24) is 4.90 Å². The molecule has 0 bridgehead atoms. The molecule has 2 amide bonds. The molecule has 2 atom stereocenters. The van der Waals surface area contributed by atoms with Crippen LogP contribution in [0.5, 0.6) is 0 Å². The molecular weight excluding hydrogens is 438 g/mol. The van der Waals surface area contributed by atoms with Crippen LogP contribution in [0.3, 0.4) is 0 Å². The van der Waals surface area contributed by atoms with Gasteiger partial charge >= 0.3 is 0 Å². The number of ketones is 1. The number of Topliss-reactive ketones (excluding diaryl/α,β-unsaturated/α-hetero) is 1. The molecule has 12 heteroatoms. The molecule has 2 unspecified atom stereocenters. The Balaban J connectivity index is 2.24. The Bertz CT molecular complexity index is 1140. The summed E-state index contributed by atoms with van der Waals surface area (Å²) in [6, 6.07) is 2.25. The van der Waals surface area contributed by atoms with Crippen LogP contribution in [0.4, 0.5) is 0 Å². The molecule has 1 aliphatic carbocycles. The van der Waals surface area contributed by atoms with Gasteiger partial charge in [-0.25, -0.2) is 8.42 Å². The molecule has 1 heterocycles. The SMILES string of the molecule is CCC(=O)CN1C(=O)c2cc(S(=O)(=O)CO)cc3c2C(CC(S(=O)(=O)OC)C3)C1=O. The van der Waals surface area contributed by atoms with E-state index in [0.717, 1.165) is 18.1 Å². The zero-order valence-corrected chi connectivity index (χ0v) is 18.0. The maximum atomic E-state index is 13.0. The number of carbonyl (C=O) groups excluding carboxylic acids is 3. The molecule has 0 saturated heterocycles. The van der Waals surface area contributed by atoms with E-state index in [-0.39, 0.29) is 46.6 Å². The fraction of sp³-hybridized carbons (Fsp3) is 0.500. The zero-order valence-electron chi connectivity index (χ0n) is 16.3. The Hall–Kier alpha value is -2.15. The van der Waals surface area contributed by atoms with Gasteiger partial charge in [-0.3, -0.25) is 23.5 Å². The minimum Gasteiger partial charge on any atom is -0.380 e. The van der Waals surface area contributed by atoms with Crippen molar-refractivity contribution in [1.29, 1.82) is 0 Å². The number of aliphatic hydroxyl groups excluding tert-OH is 1. The van der Waals surface area contributed by atoms with Crippen LogP contribution in [-0.4, -0.2) is 69.3 Å². The number of carbonyl (C=O) groups is 3. The second-order valence-electron chi connectivity index (χ2n) is 7.18. The zero-order chi connectivity index (χ0) is 22.4. The molecule has 164 valence electrons. The van der Waals surface area contributed by atoms with Crippen molar-refractivity contribution in [2.45, 2.75) is 42.2 Å². The summed E-state index contributed by atoms with van der Waals surface area (Å²) in [7, 11) is -7.21. The van der Waals surface area contributed by atoms with E-state index >= 15 is 0 Å². The van der Waals surface area contributed by atoms with Crippen molar-refractivity contribution in [2.24, 2.45) is 0 Å². The molecule has 30 heavy (non-hydrogen) atoms. The van der Waals surface area contributed by atoms with Gasteiger partial charge in [-0.15, -0.1) is 0 Å². The number of nitrogens with zero attached hydrogens (tertiary/aromatic N) is 1. The molecular formula is C18H21NO9S2. The van der Waals surface area contributed by atoms with Gasteiger partial charge < -0.3 is 5.11 Å². The number of benzene rings is 1. The molecule has 0 radical (unpaired) electrons. The number of hydrogen-bond donors (Lipinski definition) is 1. The third kappa shape index (κ3) is 3.68. The van der Waals surface area contributed by atoms with Crippen molar-refractivity contribution >= 4 is 37.6 Å². The minimum absolute atomic E-state index is 0.0821. The molecule has 0 fully saturated rings. The van der Waals surface area contributed by atoms with Crippen molar-refractivity contribution in [2.75, 3.05) is 19.6 Å². The lowest BCUT2D eigenvalue weighted by atomic mass is 9.76. The van der Waals surface area contributed by atoms with Gasteiger partial charge in [0.1, 0.15) is 5.94 Å². The summed E-state index contributed by atoms with van der Waals surface area (Å²) in [5, 5.41) is 8.08. The molecule has 1 N–H and O–H groups in total. The first-order chi connectivity index (χ1) is 14.0. The van der Waals surface area contributed by atoms with E-state index in [1.54, 1.807) is 6.92 Å². The van der Waals surface area contributed by atoms with Crippen LogP contribution in [0.25, 0.3) is 0 Å². The van der Waals surface area contributed by atoms with Gasteiger partial charge in [0.2, 0.25) is 15.7 Å². The molecule has 10 nitrogen and oxygen atoms in total. The summed E-state index contributed by atoms with van der Waals surface area (Å²) in [4.78, 5) is 38.3. The molecule has 0 spiro atoms. The maximum Gasteiger partial charge on any atom is 0.270 e. The smallest absolute Gasteiger partial charge is 0.270 e. The number of rotatable bonds is 7. The Labute approximate surface area is 173 Å². The second-order valence-corrected chi connectivity index (χ2v) is 11.1. The number of imide groups is 1. The van der Waals surface area contributed by atoms with Crippen LogP contribution in [0.15, 0.2) is 17.0 Å². The van der Waals surface area contributed by atoms with Gasteiger partial charge in [-0.2, -0.15) is 8.42 Å². The van der Waals surface area contributed by atoms with E-state index in [1.165, 1.54) is 6.07 Å². The standard InChI is InChI=1S/C18H21NO9S2/c1-3-11(21)8-19-17(22)14-6-12(29(24,25)9-20)4-10-5-13(30(26,27)28-2)7-15(16(10)14)18(19)23/h4,6,13,15,20H,3,5,7-9H2,1-2H3. The van der Waals surface area contributed by atoms with E-state index in [1.807, 2.05) is 0 Å². The van der Waals surface area contributed by atoms with Gasteiger partial charge in [-0.05, 0) is 36.1 Å². The fourth-order valence-corrected chi connectivity index (χ4v) is 5.71. The molecule has 2 aliphatic rings. The minimum atomic E-state index is -4.15. The van der Waals surface area contributed by atoms with Crippen molar-refractivity contribution in [3.05, 3.63) is 28.8 Å². The topological polar surface area (TPSA) is 152 Å². The highest BCUT2D eigenvalue weighted by Crippen LogP contribution is 2.42. The summed E-state index contributed by atoms with van der Waals surface area (Å²) < 4.78 is 53.7. The van der Waals surface area contributed by atoms with E-state index in [9.17, 15) is 36.3 Å². The van der Waals surface area contributed by atoms with Gasteiger partial charge in [-0.1, -0.05) is 6.92 Å². The lowest BCUT2D eigenvalue weighted by Gasteiger charge is -2.38. The average Bonchev–Trinajstić information content (AvgIpc) is 2.73. The van der Waals surface area contributed by atoms with E-state index < -0.39 is 55.4 Å². The summed E-state index contributed by atoms with van der Waals surface area (Å²) in [6.45, 7) is 1.08. The van der Waals surface area contributed by atoms with E-state index in [4.69, 9.17) is 0 Å². The van der Waals surface area contributed by atoms with Crippen molar-refractivity contribution in [3.63, 3.8) is 0 Å². The maximum absolute atomic E-state index is 13.0. The highest BCUT2D eigenvalue weighted by atomic mass is 32.2. The first kappa shape index (κ1) is 22.5. The number of aliphatic hydroxyl groups is 1. The normalized spacial score (nSPS) is 21.5. The molecule has 0 aromatic heterocycles. The van der Waals surface area contributed by atoms with E-state index in [0.29, 0.717) is 0 Å². The highest BCUT2D eigenvalue weighted by Gasteiger charge is 2.47. The highest BCUT2D eigenvalue weighted by molar-refractivity contribution is 7.91. The predicted molar refractivity (Wildman–Crippen MR) is 103 cm³/mol. The first-order valence-corrected chi connectivity index (χ1v) is 12.3. The Morgan fingerprint density at radius 3 is 2.47 bits per heavy atom. The van der Waals surface area contributed by atoms with Gasteiger partial charge in [0.05, 0.1) is 29.7 Å². The van der Waals surface area contributed by atoms with Crippen LogP contribution >= 0.6 is 0 Å². The third-order valence-corrected chi connectivity index (χ3v) is 8.41. The summed E-state index contributed by atoms with van der Waals surface area (Å²) >= 11 is 0. The van der Waals surface area contributed by atoms with E-state index in [2.05, 4.69) is 4.18 Å². The summed E-state index contributed by atoms with van der Waals surface area (Å²) in [6.07, 6.45) is -0.233. The number of hydrogen-bond acceptors (Lipinski definition) is 9. The Morgan fingerprint density at radius 1 is 1.23 bits per heavy atom. The van der Waals surface area contributed by atoms with Gasteiger partial charge in [0.15, 0.2) is 5.78 Å². The Morgan fingerprint density at radius 2 is 1.90 bits per heavy atom. The van der Waals surface area contributed by atoms with Crippen molar-refractivity contribution < 1.29 is 40.5 Å². The Kier molecular flexibility index (Phi) is 5.89. The van der Waals surface area contributed by atoms with Crippen LogP contribution in [-0.2, 0) is 40.1 Å². The fourth-order valence-electron chi connectivity index (χ4n) is 3.86. The monoisotopic (exact) mass is 459 g/mol. The molecule has 0 saturated carbocycles. The molecule has 3 rings (SSSR count). The first-order valence-electron chi connectivity index (χ1n) is 9.14. The second kappa shape index (κ2) is 7.84. The van der Waals surface area contributed by atoms with Crippen LogP contribution < -0.4 is 0 Å². The number of sulfone groups is 1. The summed E-state index contributed by atoms with van der Waals surface area (Å²) in [5.41, 5.74) is 0.399. The number of amides is 2. The average molecular weight is 459 g/mol. The summed E-state index contributed by atoms with van der Waals surface area (Å²) in [5.74, 6) is -4.15. The molecule has 1 aromatic rings. The lowest BCUT2D eigenvalue weighted by Crippen LogP contribution is -2.50. The third-order valence-electron chi connectivity index (χ3n) is 5.47. The van der Waals surface area contributed by atoms with Gasteiger partial charge in [0.25, 0.3) is 16.0 Å². The molecule has 1 aliphatic heterocycles.